The third-order valence-corrected chi connectivity index (χ3v) is 15.3. The van der Waals surface area contributed by atoms with Crippen molar-refractivity contribution in [2.24, 2.45) is 12.0 Å². The van der Waals surface area contributed by atoms with Gasteiger partial charge in [0.1, 0.15) is 17.0 Å². The van der Waals surface area contributed by atoms with Crippen LogP contribution in [0.15, 0.2) is 253 Å². The molecule has 0 aliphatic heterocycles. The monoisotopic (exact) mass is 1040 g/mol. The van der Waals surface area contributed by atoms with Crippen LogP contribution in [0.1, 0.15) is 70.7 Å². The molecule has 0 atom stereocenters. The highest BCUT2D eigenvalue weighted by molar-refractivity contribution is 6.27. The van der Waals surface area contributed by atoms with Crippen LogP contribution in [0.25, 0.3) is 115 Å². The Balaban J connectivity index is 0.000000125. The van der Waals surface area contributed by atoms with Gasteiger partial charge in [0.25, 0.3) is 0 Å². The summed E-state index contributed by atoms with van der Waals surface area (Å²) in [6, 6.07) is 64.9. The van der Waals surface area contributed by atoms with Gasteiger partial charge in [-0.3, -0.25) is 4.57 Å². The summed E-state index contributed by atoms with van der Waals surface area (Å²) in [4.78, 5) is 5.06. The quantitative estimate of drug-likeness (QED) is 0.0679. The maximum absolute atomic E-state index is 6.11. The second-order valence-electron chi connectivity index (χ2n) is 20.5. The fraction of sp³-hybridized carbons (Fsp3) is 0.133. The summed E-state index contributed by atoms with van der Waals surface area (Å²) in [7, 11) is 2.16. The average Bonchev–Trinajstić information content (AvgIpc) is 4.34. The van der Waals surface area contributed by atoms with Gasteiger partial charge in [-0.25, -0.2) is 4.99 Å². The number of rotatable bonds is 7. The summed E-state index contributed by atoms with van der Waals surface area (Å²) in [5.41, 5.74) is 15.3. The second-order valence-corrected chi connectivity index (χ2v) is 20.5. The lowest BCUT2D eigenvalue weighted by Gasteiger charge is -2.12. The molecule has 0 saturated heterocycles. The Bertz CT molecular complexity index is 4540. The number of para-hydroxylation sites is 3. The van der Waals surface area contributed by atoms with Crippen LogP contribution in [-0.4, -0.2) is 19.5 Å². The van der Waals surface area contributed by atoms with Gasteiger partial charge in [-0.05, 0) is 146 Å². The minimum atomic E-state index is 0.865. The second kappa shape index (κ2) is 23.3. The third-order valence-electron chi connectivity index (χ3n) is 15.3. The number of allylic oxidation sites excluding steroid dienone is 9. The van der Waals surface area contributed by atoms with E-state index < -0.39 is 0 Å². The van der Waals surface area contributed by atoms with Gasteiger partial charge in [0, 0.05) is 73.8 Å². The van der Waals surface area contributed by atoms with E-state index in [1.54, 1.807) is 6.08 Å². The zero-order chi connectivity index (χ0) is 55.3. The molecular weight excluding hydrogens is 973 g/mol. The lowest BCUT2D eigenvalue weighted by molar-refractivity contribution is 0.669. The lowest BCUT2D eigenvalue weighted by atomic mass is 10.0. The van der Waals surface area contributed by atoms with E-state index in [-0.39, 0.29) is 0 Å². The first-order valence-corrected chi connectivity index (χ1v) is 28.0. The standard InChI is InChI=1S/C27H27N3.C27H21NO.C14H10.C7H10/c1-5-11-18(3)28-25(6-2)30-23-15-10-7-12-19(23)20-16-17-24-26(27(20)30)21-13-8-9-14-22(21)29(24)4;1-17(2)18-11-13-26-22(15-18)23-16-19(12-14-27(23)29-26)28-24-9-5-3-7-20(24)21-8-4-6-10-25(21)28;1-2-6-12-10-14-8-4-3-7-13(14)9-11(12)5-1;1-3-5-7-6-4-2/h7-17H,5-6H2,1-4H3;3,5-7,9-16H,1,4,8H2,2H3;1-10H;3-7H,1H2,2H3/b18-11+,28-25?;;;6-4-,7-5-. The van der Waals surface area contributed by atoms with E-state index in [1.807, 2.05) is 38.2 Å². The van der Waals surface area contributed by atoms with Crippen molar-refractivity contribution < 1.29 is 4.42 Å². The van der Waals surface area contributed by atoms with Crippen LogP contribution in [0.5, 0.6) is 0 Å². The molecule has 4 aromatic heterocycles. The molecule has 5 heteroatoms. The van der Waals surface area contributed by atoms with Gasteiger partial charge >= 0.3 is 0 Å². The van der Waals surface area contributed by atoms with Crippen molar-refractivity contribution in [2.75, 3.05) is 0 Å². The van der Waals surface area contributed by atoms with Crippen LogP contribution >= 0.6 is 0 Å². The molecule has 1 aliphatic rings. The Morgan fingerprint density at radius 3 is 1.86 bits per heavy atom. The molecule has 394 valence electrons. The molecule has 13 aromatic rings. The van der Waals surface area contributed by atoms with E-state index >= 15 is 0 Å². The smallest absolute Gasteiger partial charge is 0.135 e. The highest BCUT2D eigenvalue weighted by atomic mass is 16.3. The first-order valence-electron chi connectivity index (χ1n) is 28.0. The van der Waals surface area contributed by atoms with Crippen LogP contribution in [-0.2, 0) is 13.5 Å². The number of aryl methyl sites for hydroxylation is 2. The van der Waals surface area contributed by atoms with Gasteiger partial charge in [0.2, 0.25) is 0 Å². The van der Waals surface area contributed by atoms with Crippen LogP contribution < -0.4 is 0 Å². The van der Waals surface area contributed by atoms with Crippen LogP contribution in [0.2, 0.25) is 0 Å². The molecule has 0 fully saturated rings. The molecule has 9 aromatic carbocycles. The number of furan rings is 1. The fourth-order valence-corrected chi connectivity index (χ4v) is 11.6. The predicted molar refractivity (Wildman–Crippen MR) is 349 cm³/mol. The summed E-state index contributed by atoms with van der Waals surface area (Å²) in [5.74, 6) is 1.09. The first kappa shape index (κ1) is 52.6. The molecule has 5 nitrogen and oxygen atoms in total. The maximum Gasteiger partial charge on any atom is 0.135 e. The van der Waals surface area contributed by atoms with E-state index in [2.05, 4.69) is 255 Å². The molecule has 0 unspecified atom stereocenters. The molecule has 14 rings (SSSR count). The minimum absolute atomic E-state index is 0.865. The van der Waals surface area contributed by atoms with Gasteiger partial charge in [0.15, 0.2) is 0 Å². The Labute approximate surface area is 469 Å². The van der Waals surface area contributed by atoms with Crippen molar-refractivity contribution in [2.45, 2.75) is 60.3 Å². The zero-order valence-corrected chi connectivity index (χ0v) is 46.9. The predicted octanol–water partition coefficient (Wildman–Crippen LogP) is 21.2. The topological polar surface area (TPSA) is 40.3 Å². The fourth-order valence-electron chi connectivity index (χ4n) is 11.6. The number of aliphatic imine (C=N–C) groups is 1. The summed E-state index contributed by atoms with van der Waals surface area (Å²) in [6.07, 6.45) is 20.3. The Kier molecular flexibility index (Phi) is 15.3. The van der Waals surface area contributed by atoms with E-state index in [0.717, 1.165) is 70.3 Å². The van der Waals surface area contributed by atoms with E-state index in [1.165, 1.54) is 93.0 Å². The van der Waals surface area contributed by atoms with Gasteiger partial charge in [0.05, 0.1) is 22.1 Å². The van der Waals surface area contributed by atoms with Crippen molar-refractivity contribution >= 4 is 115 Å². The molecular formula is C75H68N4O. The van der Waals surface area contributed by atoms with Gasteiger partial charge in [-0.2, -0.15) is 0 Å². The third kappa shape index (κ3) is 10.0. The number of hydrogen-bond donors (Lipinski definition) is 0. The van der Waals surface area contributed by atoms with Crippen molar-refractivity contribution in [3.63, 3.8) is 0 Å². The summed E-state index contributed by atoms with van der Waals surface area (Å²) in [6.45, 7) is 18.1. The SMILES string of the molecule is C=C(C)c1ccc2oc3ccc(-n4c5c(c6ccccc64)CCC=C5)cc3c2c1.C=C/C=C\C=C/C.CC/C=C(\C)N=C(CC)n1c2ccccc2c2ccc3c(c4ccccc4n3C)c21.c1ccc2cc3ccccc3cc2c1. The van der Waals surface area contributed by atoms with E-state index in [4.69, 9.17) is 9.41 Å². The number of fused-ring (bicyclic) bond motifs is 15. The summed E-state index contributed by atoms with van der Waals surface area (Å²) in [5, 5.41) is 14.0. The van der Waals surface area contributed by atoms with Gasteiger partial charge < -0.3 is 13.6 Å². The number of nitrogens with zero attached hydrogens (tertiary/aromatic N) is 4. The van der Waals surface area contributed by atoms with Crippen LogP contribution in [0.3, 0.4) is 0 Å². The summed E-state index contributed by atoms with van der Waals surface area (Å²) >= 11 is 0. The normalized spacial score (nSPS) is 12.7. The molecule has 0 saturated carbocycles. The largest absolute Gasteiger partial charge is 0.456 e. The number of benzene rings is 9. The van der Waals surface area contributed by atoms with Crippen molar-refractivity contribution in [3.8, 4) is 5.69 Å². The first-order chi connectivity index (χ1) is 39.2. The maximum atomic E-state index is 6.11. The Morgan fingerprint density at radius 1 is 0.600 bits per heavy atom. The number of hydrogen-bond acceptors (Lipinski definition) is 2. The summed E-state index contributed by atoms with van der Waals surface area (Å²) < 4.78 is 13.2. The number of aromatic nitrogens is 3. The molecule has 0 bridgehead atoms. The highest BCUT2D eigenvalue weighted by Gasteiger charge is 2.21. The zero-order valence-electron chi connectivity index (χ0n) is 46.9. The van der Waals surface area contributed by atoms with E-state index in [9.17, 15) is 0 Å². The van der Waals surface area contributed by atoms with Crippen LogP contribution in [0.4, 0.5) is 0 Å². The Morgan fingerprint density at radius 2 is 1.21 bits per heavy atom. The molecule has 1 aliphatic carbocycles. The molecule has 0 amide bonds. The molecule has 4 heterocycles. The van der Waals surface area contributed by atoms with Gasteiger partial charge in [-0.15, -0.1) is 0 Å². The minimum Gasteiger partial charge on any atom is -0.456 e. The lowest BCUT2D eigenvalue weighted by Crippen LogP contribution is -2.11. The van der Waals surface area contributed by atoms with E-state index in [0.29, 0.717) is 0 Å². The average molecular weight is 1040 g/mol. The molecule has 0 spiro atoms. The molecule has 0 N–H and O–H groups in total. The Hall–Kier alpha value is -9.45. The molecule has 80 heavy (non-hydrogen) atoms. The molecule has 0 radical (unpaired) electrons. The van der Waals surface area contributed by atoms with Crippen molar-refractivity contribution in [1.82, 2.24) is 13.7 Å². The van der Waals surface area contributed by atoms with Crippen molar-refractivity contribution in [3.05, 3.63) is 260 Å². The van der Waals surface area contributed by atoms with Gasteiger partial charge in [-0.1, -0.05) is 190 Å². The van der Waals surface area contributed by atoms with Crippen molar-refractivity contribution in [1.29, 1.82) is 0 Å². The highest BCUT2D eigenvalue weighted by Crippen LogP contribution is 2.40. The van der Waals surface area contributed by atoms with Crippen LogP contribution in [0, 0.1) is 0 Å².